The highest BCUT2D eigenvalue weighted by Crippen LogP contribution is 2.42. The Morgan fingerprint density at radius 2 is 1.70 bits per heavy atom. The van der Waals surface area contributed by atoms with E-state index < -0.39 is 0 Å². The zero-order valence-electron chi connectivity index (χ0n) is 11.0. The highest BCUT2D eigenvalue weighted by Gasteiger charge is 2.21. The Kier molecular flexibility index (Phi) is 2.36. The van der Waals surface area contributed by atoms with E-state index >= 15 is 0 Å². The molecule has 4 rings (SSSR count). The van der Waals surface area contributed by atoms with Gasteiger partial charge in [-0.05, 0) is 28.3 Å². The molecule has 0 unspecified atom stereocenters. The topological polar surface area (TPSA) is 38.9 Å². The number of nitrogens with zero attached hydrogens (tertiary/aromatic N) is 1. The van der Waals surface area contributed by atoms with Crippen molar-refractivity contribution in [1.82, 2.24) is 4.98 Å². The van der Waals surface area contributed by atoms with Gasteiger partial charge in [-0.3, -0.25) is 4.98 Å². The first-order chi connectivity index (χ1) is 9.84. The summed E-state index contributed by atoms with van der Waals surface area (Å²) in [6.07, 6.45) is 4.56. The second-order valence-corrected chi connectivity index (χ2v) is 5.13. The molecule has 1 aliphatic rings. The average molecular weight is 258 g/mol. The molecule has 2 heteroatoms. The number of fused-ring (bicyclic) bond motifs is 3. The highest BCUT2D eigenvalue weighted by atomic mass is 14.6. The van der Waals surface area contributed by atoms with Crippen LogP contribution in [-0.4, -0.2) is 4.98 Å². The van der Waals surface area contributed by atoms with Crippen LogP contribution in [0.25, 0.3) is 22.3 Å². The van der Waals surface area contributed by atoms with Crippen molar-refractivity contribution in [2.75, 3.05) is 5.73 Å². The van der Waals surface area contributed by atoms with Gasteiger partial charge in [0.15, 0.2) is 0 Å². The lowest BCUT2D eigenvalue weighted by Gasteiger charge is -2.10. The van der Waals surface area contributed by atoms with Crippen molar-refractivity contribution in [2.45, 2.75) is 6.42 Å². The molecule has 0 radical (unpaired) electrons. The number of aromatic nitrogens is 1. The van der Waals surface area contributed by atoms with Crippen molar-refractivity contribution in [2.24, 2.45) is 0 Å². The van der Waals surface area contributed by atoms with Crippen LogP contribution >= 0.6 is 0 Å². The van der Waals surface area contributed by atoms with E-state index in [1.807, 2.05) is 18.3 Å². The summed E-state index contributed by atoms with van der Waals surface area (Å²) in [6.45, 7) is 0. The minimum atomic E-state index is 0.881. The molecule has 2 N–H and O–H groups in total. The molecule has 2 nitrogen and oxygen atoms in total. The molecule has 1 heterocycles. The Balaban J connectivity index is 1.91. The van der Waals surface area contributed by atoms with Crippen LogP contribution in [0.3, 0.4) is 0 Å². The van der Waals surface area contributed by atoms with Gasteiger partial charge >= 0.3 is 0 Å². The Morgan fingerprint density at radius 1 is 0.850 bits per heavy atom. The van der Waals surface area contributed by atoms with E-state index in [9.17, 15) is 0 Å². The van der Waals surface area contributed by atoms with E-state index in [0.29, 0.717) is 0 Å². The largest absolute Gasteiger partial charge is 0.398 e. The van der Waals surface area contributed by atoms with E-state index in [-0.39, 0.29) is 0 Å². The molecule has 1 aromatic heterocycles. The quantitative estimate of drug-likeness (QED) is 0.526. The van der Waals surface area contributed by atoms with E-state index in [4.69, 9.17) is 5.73 Å². The Bertz CT molecular complexity index is 792. The standard InChI is InChI=1S/C18H14N2/c19-18-15(13-5-3-9-20-11-13)7-8-16-14-6-2-1-4-12(14)10-17(16)18/h1-9,11H,10,19H2. The lowest BCUT2D eigenvalue weighted by atomic mass is 9.97. The van der Waals surface area contributed by atoms with Crippen LogP contribution in [0, 0.1) is 0 Å². The molecular weight excluding hydrogens is 244 g/mol. The van der Waals surface area contributed by atoms with Crippen molar-refractivity contribution in [3.05, 3.63) is 72.1 Å². The van der Waals surface area contributed by atoms with Crippen LogP contribution in [-0.2, 0) is 6.42 Å². The van der Waals surface area contributed by atoms with Gasteiger partial charge in [-0.1, -0.05) is 42.5 Å². The minimum Gasteiger partial charge on any atom is -0.398 e. The highest BCUT2D eigenvalue weighted by molar-refractivity contribution is 5.89. The van der Waals surface area contributed by atoms with E-state index in [1.54, 1.807) is 6.20 Å². The van der Waals surface area contributed by atoms with Gasteiger partial charge in [0.05, 0.1) is 0 Å². The predicted molar refractivity (Wildman–Crippen MR) is 82.3 cm³/mol. The molecule has 0 fully saturated rings. The second kappa shape index (κ2) is 4.20. The van der Waals surface area contributed by atoms with Gasteiger partial charge < -0.3 is 5.73 Å². The molecule has 0 atom stereocenters. The fraction of sp³-hybridized carbons (Fsp3) is 0.0556. The van der Waals surface area contributed by atoms with Crippen LogP contribution in [0.1, 0.15) is 11.1 Å². The predicted octanol–water partition coefficient (Wildman–Crippen LogP) is 3.90. The maximum absolute atomic E-state index is 6.42. The van der Waals surface area contributed by atoms with Crippen LogP contribution in [0.15, 0.2) is 60.9 Å². The minimum absolute atomic E-state index is 0.881. The fourth-order valence-electron chi connectivity index (χ4n) is 3.01. The van der Waals surface area contributed by atoms with Gasteiger partial charge in [0.1, 0.15) is 0 Å². The monoisotopic (exact) mass is 258 g/mol. The van der Waals surface area contributed by atoms with Gasteiger partial charge in [-0.15, -0.1) is 0 Å². The van der Waals surface area contributed by atoms with Gasteiger partial charge in [-0.2, -0.15) is 0 Å². The number of rotatable bonds is 1. The van der Waals surface area contributed by atoms with Gasteiger partial charge in [0.2, 0.25) is 0 Å². The van der Waals surface area contributed by atoms with Crippen molar-refractivity contribution in [3.63, 3.8) is 0 Å². The summed E-state index contributed by atoms with van der Waals surface area (Å²) in [7, 11) is 0. The average Bonchev–Trinajstić information content (AvgIpc) is 2.88. The number of hydrogen-bond acceptors (Lipinski definition) is 2. The zero-order chi connectivity index (χ0) is 13.5. The molecule has 0 bridgehead atoms. The summed E-state index contributed by atoms with van der Waals surface area (Å²) in [6, 6.07) is 16.8. The third-order valence-corrected chi connectivity index (χ3v) is 4.00. The summed E-state index contributed by atoms with van der Waals surface area (Å²) in [5, 5.41) is 0. The smallest absolute Gasteiger partial charge is 0.0436 e. The van der Waals surface area contributed by atoms with Crippen LogP contribution in [0.5, 0.6) is 0 Å². The molecule has 1 aliphatic carbocycles. The first-order valence-electron chi connectivity index (χ1n) is 6.74. The van der Waals surface area contributed by atoms with Crippen molar-refractivity contribution in [1.29, 1.82) is 0 Å². The molecule has 0 spiro atoms. The molecular formula is C18H14N2. The molecule has 0 aliphatic heterocycles. The number of nitrogens with two attached hydrogens (primary N) is 1. The third-order valence-electron chi connectivity index (χ3n) is 4.00. The number of nitrogen functional groups attached to an aromatic ring is 1. The maximum Gasteiger partial charge on any atom is 0.0436 e. The van der Waals surface area contributed by atoms with Crippen LogP contribution in [0.4, 0.5) is 5.69 Å². The molecule has 3 aromatic rings. The second-order valence-electron chi connectivity index (χ2n) is 5.13. The number of hydrogen-bond donors (Lipinski definition) is 1. The fourth-order valence-corrected chi connectivity index (χ4v) is 3.01. The van der Waals surface area contributed by atoms with Crippen LogP contribution in [0.2, 0.25) is 0 Å². The van der Waals surface area contributed by atoms with E-state index in [0.717, 1.165) is 23.2 Å². The molecule has 20 heavy (non-hydrogen) atoms. The van der Waals surface area contributed by atoms with Crippen molar-refractivity contribution >= 4 is 5.69 Å². The summed E-state index contributed by atoms with van der Waals surface area (Å²) in [4.78, 5) is 4.18. The molecule has 96 valence electrons. The summed E-state index contributed by atoms with van der Waals surface area (Å²) in [5.41, 5.74) is 14.6. The van der Waals surface area contributed by atoms with Gasteiger partial charge in [-0.25, -0.2) is 0 Å². The van der Waals surface area contributed by atoms with Gasteiger partial charge in [0, 0.05) is 35.6 Å². The maximum atomic E-state index is 6.42. The summed E-state index contributed by atoms with van der Waals surface area (Å²) >= 11 is 0. The molecule has 2 aromatic carbocycles. The SMILES string of the molecule is Nc1c(-c2cccnc2)ccc2c1Cc1ccccc1-2. The van der Waals surface area contributed by atoms with Crippen molar-refractivity contribution in [3.8, 4) is 22.3 Å². The lowest BCUT2D eigenvalue weighted by Crippen LogP contribution is -1.96. The Labute approximate surface area is 117 Å². The first-order valence-corrected chi connectivity index (χ1v) is 6.74. The van der Waals surface area contributed by atoms with Gasteiger partial charge in [0.25, 0.3) is 0 Å². The molecule has 0 saturated carbocycles. The first kappa shape index (κ1) is 11.2. The lowest BCUT2D eigenvalue weighted by molar-refractivity contribution is 1.26. The molecule has 0 amide bonds. The number of anilines is 1. The number of pyridine rings is 1. The third kappa shape index (κ3) is 1.55. The van der Waals surface area contributed by atoms with Crippen molar-refractivity contribution < 1.29 is 0 Å². The summed E-state index contributed by atoms with van der Waals surface area (Å²) < 4.78 is 0. The summed E-state index contributed by atoms with van der Waals surface area (Å²) in [5.74, 6) is 0. The normalized spacial score (nSPS) is 12.0. The van der Waals surface area contributed by atoms with Crippen LogP contribution < -0.4 is 5.73 Å². The Hall–Kier alpha value is -2.61. The Morgan fingerprint density at radius 3 is 2.55 bits per heavy atom. The molecule has 0 saturated heterocycles. The van der Waals surface area contributed by atoms with E-state index in [1.165, 1.54) is 22.3 Å². The van der Waals surface area contributed by atoms with E-state index in [2.05, 4.69) is 41.4 Å². The zero-order valence-corrected chi connectivity index (χ0v) is 11.0. The number of benzene rings is 2.